The lowest BCUT2D eigenvalue weighted by atomic mass is 9.39. The molecule has 0 aromatic heterocycles. The van der Waals surface area contributed by atoms with Gasteiger partial charge in [0.25, 0.3) is 0 Å². The first kappa shape index (κ1) is 16.7. The largest absolute Gasteiger partial charge is 0.348 e. The third-order valence-corrected chi connectivity index (χ3v) is 11.5. The fourth-order valence-electron chi connectivity index (χ4n) is 11.6. The number of rotatable bonds is 2. The standard InChI is InChI=1S/C32H24O/c1-3-9-19(10-4-1)31-21-13-7-8-14-22(21)32(33-31,20-11-5-2-6-12-20)30-25-17-15-23-27(25)28-24(29(23,30)31)16-18-26(28)30/h1-18,23-28H. The summed E-state index contributed by atoms with van der Waals surface area (Å²) in [6.45, 7) is 0. The highest BCUT2D eigenvalue weighted by atomic mass is 16.5. The molecule has 11 rings (SSSR count). The zero-order valence-corrected chi connectivity index (χ0v) is 18.3. The lowest BCUT2D eigenvalue weighted by molar-refractivity contribution is -0.0926. The van der Waals surface area contributed by atoms with Gasteiger partial charge in [0.1, 0.15) is 11.2 Å². The van der Waals surface area contributed by atoms with Gasteiger partial charge < -0.3 is 4.74 Å². The number of hydrogen-bond acceptors (Lipinski definition) is 1. The monoisotopic (exact) mass is 424 g/mol. The molecule has 5 fully saturated rings. The molecule has 0 amide bonds. The highest BCUT2D eigenvalue weighted by molar-refractivity contribution is 5.69. The summed E-state index contributed by atoms with van der Waals surface area (Å²) >= 11 is 0. The molecule has 1 nitrogen and oxygen atoms in total. The highest BCUT2D eigenvalue weighted by Crippen LogP contribution is 3.01. The molecule has 2 spiro atoms. The second-order valence-corrected chi connectivity index (χ2v) is 11.5. The molecule has 2 heterocycles. The van der Waals surface area contributed by atoms with Gasteiger partial charge in [0.05, 0.1) is 0 Å². The molecule has 4 saturated carbocycles. The van der Waals surface area contributed by atoms with Crippen molar-refractivity contribution in [3.05, 3.63) is 131 Å². The van der Waals surface area contributed by atoms with E-state index in [1.54, 1.807) is 0 Å². The number of hydrogen-bond donors (Lipinski definition) is 0. The molecule has 0 radical (unpaired) electrons. The number of allylic oxidation sites excluding steroid dienone is 4. The van der Waals surface area contributed by atoms with Crippen LogP contribution in [-0.2, 0) is 15.9 Å². The second-order valence-electron chi connectivity index (χ2n) is 11.5. The van der Waals surface area contributed by atoms with E-state index < -0.39 is 11.2 Å². The average Bonchev–Trinajstić information content (AvgIpc) is 3.72. The summed E-state index contributed by atoms with van der Waals surface area (Å²) in [5, 5.41) is 0. The molecule has 33 heavy (non-hydrogen) atoms. The van der Waals surface area contributed by atoms with Crippen LogP contribution in [0.25, 0.3) is 0 Å². The normalized spacial score (nSPS) is 51.2. The molecule has 0 N–H and O–H groups in total. The summed E-state index contributed by atoms with van der Waals surface area (Å²) in [5.74, 6) is 3.99. The van der Waals surface area contributed by atoms with Crippen molar-refractivity contribution < 1.29 is 4.74 Å². The molecule has 6 unspecified atom stereocenters. The molecule has 2 aliphatic heterocycles. The van der Waals surface area contributed by atoms with Gasteiger partial charge in [-0.05, 0) is 57.8 Å². The Morgan fingerprint density at radius 1 is 0.455 bits per heavy atom. The van der Waals surface area contributed by atoms with E-state index in [0.717, 1.165) is 11.8 Å². The van der Waals surface area contributed by atoms with Crippen LogP contribution in [0.15, 0.2) is 109 Å². The maximum absolute atomic E-state index is 7.90. The molecule has 3 aromatic carbocycles. The third kappa shape index (κ3) is 1.17. The van der Waals surface area contributed by atoms with Crippen LogP contribution in [0.4, 0.5) is 0 Å². The molecule has 1 heteroatoms. The van der Waals surface area contributed by atoms with E-state index in [4.69, 9.17) is 4.74 Å². The van der Waals surface area contributed by atoms with Gasteiger partial charge in [-0.1, -0.05) is 109 Å². The van der Waals surface area contributed by atoms with Crippen LogP contribution < -0.4 is 0 Å². The topological polar surface area (TPSA) is 9.23 Å². The van der Waals surface area contributed by atoms with Crippen molar-refractivity contribution in [1.29, 1.82) is 0 Å². The van der Waals surface area contributed by atoms with Gasteiger partial charge in [0.2, 0.25) is 0 Å². The summed E-state index contributed by atoms with van der Waals surface area (Å²) < 4.78 is 7.90. The maximum Gasteiger partial charge on any atom is 0.128 e. The van der Waals surface area contributed by atoms with Gasteiger partial charge in [0, 0.05) is 10.8 Å². The number of fused-ring (bicyclic) bond motifs is 5. The van der Waals surface area contributed by atoms with Crippen molar-refractivity contribution in [1.82, 2.24) is 0 Å². The quantitative estimate of drug-likeness (QED) is 0.454. The van der Waals surface area contributed by atoms with Crippen molar-refractivity contribution in [3.63, 3.8) is 0 Å². The molecule has 3 aromatic rings. The molecule has 158 valence electrons. The van der Waals surface area contributed by atoms with E-state index >= 15 is 0 Å². The SMILES string of the molecule is C1=CC2C3C4C5C=CC4C24C2(c6ccccc6)OC(c6ccccc6)(c6ccccc62)C54C13. The average molecular weight is 425 g/mol. The Balaban J connectivity index is 1.47. The van der Waals surface area contributed by atoms with Crippen LogP contribution in [0.3, 0.4) is 0 Å². The number of benzene rings is 3. The first-order valence-electron chi connectivity index (χ1n) is 12.6. The minimum atomic E-state index is -0.401. The molecule has 6 atom stereocenters. The predicted molar refractivity (Wildman–Crippen MR) is 126 cm³/mol. The summed E-state index contributed by atoms with van der Waals surface area (Å²) in [7, 11) is 0. The predicted octanol–water partition coefficient (Wildman–Crippen LogP) is 6.07. The van der Waals surface area contributed by atoms with Gasteiger partial charge in [-0.2, -0.15) is 0 Å². The van der Waals surface area contributed by atoms with Crippen LogP contribution >= 0.6 is 0 Å². The Morgan fingerprint density at radius 3 is 1.21 bits per heavy atom. The first-order chi connectivity index (χ1) is 16.3. The smallest absolute Gasteiger partial charge is 0.128 e. The van der Waals surface area contributed by atoms with Crippen LogP contribution in [0.1, 0.15) is 22.3 Å². The van der Waals surface area contributed by atoms with Crippen LogP contribution in [0, 0.1) is 46.3 Å². The van der Waals surface area contributed by atoms with E-state index in [2.05, 4.69) is 109 Å². The van der Waals surface area contributed by atoms with Crippen molar-refractivity contribution >= 4 is 0 Å². The van der Waals surface area contributed by atoms with E-state index in [1.807, 2.05) is 0 Å². The van der Waals surface area contributed by atoms with E-state index in [-0.39, 0.29) is 10.8 Å². The van der Waals surface area contributed by atoms with Crippen LogP contribution in [0.2, 0.25) is 0 Å². The number of ether oxygens (including phenoxy) is 1. The molecular weight excluding hydrogens is 400 g/mol. The fraction of sp³-hybridized carbons (Fsp3) is 0.312. The second kappa shape index (κ2) is 4.68. The van der Waals surface area contributed by atoms with Gasteiger partial charge in [-0.25, -0.2) is 0 Å². The molecule has 8 aliphatic rings. The highest BCUT2D eigenvalue weighted by Gasteiger charge is 3.02. The van der Waals surface area contributed by atoms with E-state index in [1.165, 1.54) is 22.3 Å². The Hall–Kier alpha value is -2.90. The summed E-state index contributed by atoms with van der Waals surface area (Å²) in [6.07, 6.45) is 10.5. The molecule has 10 bridgehead atoms. The van der Waals surface area contributed by atoms with Gasteiger partial charge in [-0.15, -0.1) is 0 Å². The summed E-state index contributed by atoms with van der Waals surface area (Å²) in [4.78, 5) is 0. The van der Waals surface area contributed by atoms with Crippen molar-refractivity contribution in [2.45, 2.75) is 11.2 Å². The Morgan fingerprint density at radius 2 is 0.818 bits per heavy atom. The van der Waals surface area contributed by atoms with Gasteiger partial charge in [0.15, 0.2) is 0 Å². The van der Waals surface area contributed by atoms with Crippen molar-refractivity contribution in [2.24, 2.45) is 46.3 Å². The summed E-state index contributed by atoms with van der Waals surface area (Å²) in [5.41, 5.74) is 4.97. The first-order valence-corrected chi connectivity index (χ1v) is 12.6. The molecule has 1 saturated heterocycles. The Kier molecular flexibility index (Phi) is 2.36. The lowest BCUT2D eigenvalue weighted by Gasteiger charge is -2.60. The lowest BCUT2D eigenvalue weighted by Crippen LogP contribution is -2.62. The Bertz CT molecular complexity index is 1310. The summed E-state index contributed by atoms with van der Waals surface area (Å²) in [6, 6.07) is 31.8. The van der Waals surface area contributed by atoms with E-state index in [9.17, 15) is 0 Å². The minimum Gasteiger partial charge on any atom is -0.348 e. The maximum atomic E-state index is 7.90. The zero-order valence-electron chi connectivity index (χ0n) is 18.3. The van der Waals surface area contributed by atoms with Crippen molar-refractivity contribution in [3.8, 4) is 0 Å². The van der Waals surface area contributed by atoms with Crippen molar-refractivity contribution in [2.75, 3.05) is 0 Å². The van der Waals surface area contributed by atoms with Crippen LogP contribution in [0.5, 0.6) is 0 Å². The van der Waals surface area contributed by atoms with Crippen LogP contribution in [-0.4, -0.2) is 0 Å². The fourth-order valence-corrected chi connectivity index (χ4v) is 11.6. The Labute approximate surface area is 193 Å². The minimum absolute atomic E-state index is 0.0969. The van der Waals surface area contributed by atoms with E-state index in [0.29, 0.717) is 23.7 Å². The third-order valence-electron chi connectivity index (χ3n) is 11.5. The van der Waals surface area contributed by atoms with Gasteiger partial charge in [-0.3, -0.25) is 0 Å². The molecule has 6 aliphatic carbocycles. The molecular formula is C32H24O. The van der Waals surface area contributed by atoms with Gasteiger partial charge >= 0.3 is 0 Å². The zero-order chi connectivity index (χ0) is 21.2.